The van der Waals surface area contributed by atoms with Gasteiger partial charge in [0.05, 0.1) is 5.69 Å². The van der Waals surface area contributed by atoms with E-state index in [1.54, 1.807) is 6.07 Å². The third-order valence-electron chi connectivity index (χ3n) is 6.04. The van der Waals surface area contributed by atoms with E-state index >= 15 is 0 Å². The van der Waals surface area contributed by atoms with Gasteiger partial charge < -0.3 is 15.2 Å². The molecule has 1 saturated heterocycles. The molecular weight excluding hydrogens is 412 g/mol. The third kappa shape index (κ3) is 6.76. The number of hydrogen-bond acceptors (Lipinski definition) is 4. The number of aromatic nitrogens is 1. The molecule has 2 aromatic rings. The van der Waals surface area contributed by atoms with Gasteiger partial charge in [-0.05, 0) is 50.3 Å². The quantitative estimate of drug-likeness (QED) is 0.435. The standard InChI is InChI=1S/C24H35F2N5O/c1-4-18(5-2)23-14-20(32-30-23)15-28-24(27-6-3)29-19-9-11-31(12-10-19)16-17-7-8-21(25)22(26)13-17/h7-8,13-14,18-19H,4-6,9-12,15-16H2,1-3H3,(H2,27,28,29). The lowest BCUT2D eigenvalue weighted by Gasteiger charge is -2.33. The van der Waals surface area contributed by atoms with Crippen molar-refractivity contribution in [2.45, 2.75) is 71.5 Å². The minimum atomic E-state index is -0.802. The number of nitrogens with zero attached hydrogens (tertiary/aromatic N) is 3. The highest BCUT2D eigenvalue weighted by Gasteiger charge is 2.20. The van der Waals surface area contributed by atoms with Gasteiger partial charge in [0.1, 0.15) is 6.54 Å². The second kappa shape index (κ2) is 11.9. The number of rotatable bonds is 9. The molecule has 0 bridgehead atoms. The number of guanidine groups is 1. The van der Waals surface area contributed by atoms with Crippen molar-refractivity contribution in [2.24, 2.45) is 4.99 Å². The van der Waals surface area contributed by atoms with E-state index in [4.69, 9.17) is 4.52 Å². The van der Waals surface area contributed by atoms with Crippen LogP contribution in [0.3, 0.4) is 0 Å². The molecule has 1 fully saturated rings. The average Bonchev–Trinajstić information content (AvgIpc) is 3.26. The number of nitrogens with one attached hydrogen (secondary N) is 2. The van der Waals surface area contributed by atoms with Crippen LogP contribution >= 0.6 is 0 Å². The normalized spacial score (nSPS) is 16.0. The van der Waals surface area contributed by atoms with Crippen molar-refractivity contribution in [1.29, 1.82) is 0 Å². The van der Waals surface area contributed by atoms with Gasteiger partial charge in [0.15, 0.2) is 23.4 Å². The van der Waals surface area contributed by atoms with Crippen molar-refractivity contribution in [1.82, 2.24) is 20.7 Å². The molecular formula is C24H35F2N5O. The first-order valence-corrected chi connectivity index (χ1v) is 11.7. The van der Waals surface area contributed by atoms with E-state index < -0.39 is 11.6 Å². The lowest BCUT2D eigenvalue weighted by atomic mass is 9.99. The maximum Gasteiger partial charge on any atom is 0.191 e. The summed E-state index contributed by atoms with van der Waals surface area (Å²) in [6, 6.07) is 6.45. The largest absolute Gasteiger partial charge is 0.359 e. The SMILES string of the molecule is CCNC(=NCc1cc(C(CC)CC)no1)NC1CCN(Cc2ccc(F)c(F)c2)CC1. The highest BCUT2D eigenvalue weighted by molar-refractivity contribution is 5.80. The summed E-state index contributed by atoms with van der Waals surface area (Å²) in [5.74, 6) is 0.380. The molecule has 0 atom stereocenters. The van der Waals surface area contributed by atoms with Gasteiger partial charge in [0.25, 0.3) is 0 Å². The summed E-state index contributed by atoms with van der Waals surface area (Å²) in [7, 11) is 0. The lowest BCUT2D eigenvalue weighted by Crippen LogP contribution is -2.48. The van der Waals surface area contributed by atoms with E-state index in [9.17, 15) is 8.78 Å². The molecule has 1 aromatic carbocycles. The van der Waals surface area contributed by atoms with Crippen LogP contribution in [0.2, 0.25) is 0 Å². The molecule has 1 aliphatic rings. The lowest BCUT2D eigenvalue weighted by molar-refractivity contribution is 0.198. The van der Waals surface area contributed by atoms with Crippen LogP contribution in [0.1, 0.15) is 69.4 Å². The molecule has 0 amide bonds. The second-order valence-corrected chi connectivity index (χ2v) is 8.37. The molecule has 1 aromatic heterocycles. The smallest absolute Gasteiger partial charge is 0.191 e. The number of hydrogen-bond donors (Lipinski definition) is 2. The van der Waals surface area contributed by atoms with Crippen LogP contribution in [0.5, 0.6) is 0 Å². The van der Waals surface area contributed by atoms with Crippen molar-refractivity contribution in [3.05, 3.63) is 52.9 Å². The fourth-order valence-corrected chi connectivity index (χ4v) is 4.10. The Labute approximate surface area is 189 Å². The summed E-state index contributed by atoms with van der Waals surface area (Å²) >= 11 is 0. The van der Waals surface area contributed by atoms with Gasteiger partial charge >= 0.3 is 0 Å². The zero-order valence-corrected chi connectivity index (χ0v) is 19.3. The maximum absolute atomic E-state index is 13.4. The molecule has 2 N–H and O–H groups in total. The number of piperidine rings is 1. The van der Waals surface area contributed by atoms with Crippen LogP contribution in [-0.4, -0.2) is 41.7 Å². The van der Waals surface area contributed by atoms with E-state index in [0.29, 0.717) is 25.0 Å². The molecule has 0 spiro atoms. The Morgan fingerprint density at radius 2 is 1.91 bits per heavy atom. The minimum absolute atomic E-state index is 0.309. The van der Waals surface area contributed by atoms with Crippen LogP contribution in [0.25, 0.3) is 0 Å². The number of halogens is 2. The summed E-state index contributed by atoms with van der Waals surface area (Å²) in [6.45, 7) is 9.99. The van der Waals surface area contributed by atoms with Gasteiger partial charge in [-0.15, -0.1) is 0 Å². The number of benzene rings is 1. The third-order valence-corrected chi connectivity index (χ3v) is 6.04. The predicted molar refractivity (Wildman–Crippen MR) is 122 cm³/mol. The summed E-state index contributed by atoms with van der Waals surface area (Å²) in [4.78, 5) is 6.94. The van der Waals surface area contributed by atoms with E-state index in [1.807, 2.05) is 13.0 Å². The van der Waals surface area contributed by atoms with E-state index in [-0.39, 0.29) is 0 Å². The topological polar surface area (TPSA) is 65.7 Å². The molecule has 0 aliphatic carbocycles. The van der Waals surface area contributed by atoms with Gasteiger partial charge in [0, 0.05) is 44.2 Å². The van der Waals surface area contributed by atoms with Gasteiger partial charge in [-0.2, -0.15) is 0 Å². The average molecular weight is 448 g/mol. The van der Waals surface area contributed by atoms with E-state index in [2.05, 4.69) is 39.5 Å². The first-order chi connectivity index (χ1) is 15.5. The molecule has 2 heterocycles. The summed E-state index contributed by atoms with van der Waals surface area (Å²) in [5.41, 5.74) is 1.80. The molecule has 32 heavy (non-hydrogen) atoms. The number of likely N-dealkylation sites (tertiary alicyclic amines) is 1. The first-order valence-electron chi connectivity index (χ1n) is 11.7. The Morgan fingerprint density at radius 3 is 2.56 bits per heavy atom. The van der Waals surface area contributed by atoms with E-state index in [1.165, 1.54) is 12.1 Å². The molecule has 0 saturated carbocycles. The highest BCUT2D eigenvalue weighted by Crippen LogP contribution is 2.22. The van der Waals surface area contributed by atoms with Crippen LogP contribution in [0, 0.1) is 11.6 Å². The minimum Gasteiger partial charge on any atom is -0.359 e. The molecule has 1 aliphatic heterocycles. The predicted octanol–water partition coefficient (Wildman–Crippen LogP) is 4.58. The molecule has 176 valence electrons. The van der Waals surface area contributed by atoms with Crippen molar-refractivity contribution in [2.75, 3.05) is 19.6 Å². The summed E-state index contributed by atoms with van der Waals surface area (Å²) < 4.78 is 32.1. The zero-order valence-electron chi connectivity index (χ0n) is 19.3. The van der Waals surface area contributed by atoms with Gasteiger partial charge in [-0.25, -0.2) is 13.8 Å². The fourth-order valence-electron chi connectivity index (χ4n) is 4.10. The van der Waals surface area contributed by atoms with Gasteiger partial charge in [-0.1, -0.05) is 25.1 Å². The Balaban J connectivity index is 1.50. The van der Waals surface area contributed by atoms with E-state index in [0.717, 1.165) is 68.3 Å². The summed E-state index contributed by atoms with van der Waals surface area (Å²) in [6.07, 6.45) is 4.00. The van der Waals surface area contributed by atoms with Crippen LogP contribution in [0.15, 0.2) is 33.8 Å². The fraction of sp³-hybridized carbons (Fsp3) is 0.583. The maximum atomic E-state index is 13.4. The Bertz CT molecular complexity index is 873. The van der Waals surface area contributed by atoms with Crippen molar-refractivity contribution in [3.63, 3.8) is 0 Å². The van der Waals surface area contributed by atoms with Gasteiger partial charge in [0.2, 0.25) is 0 Å². The van der Waals surface area contributed by atoms with Crippen LogP contribution in [0.4, 0.5) is 8.78 Å². The molecule has 8 heteroatoms. The molecule has 6 nitrogen and oxygen atoms in total. The first kappa shape index (κ1) is 24.2. The summed E-state index contributed by atoms with van der Waals surface area (Å²) in [5, 5.41) is 11.0. The number of aliphatic imine (C=N–C) groups is 1. The Morgan fingerprint density at radius 1 is 1.16 bits per heavy atom. The molecule has 0 unspecified atom stereocenters. The molecule has 3 rings (SSSR count). The Kier molecular flexibility index (Phi) is 9.02. The van der Waals surface area contributed by atoms with Crippen LogP contribution < -0.4 is 10.6 Å². The van der Waals surface area contributed by atoms with Crippen LogP contribution in [-0.2, 0) is 13.1 Å². The highest BCUT2D eigenvalue weighted by atomic mass is 19.2. The van der Waals surface area contributed by atoms with Crippen molar-refractivity contribution < 1.29 is 13.3 Å². The van der Waals surface area contributed by atoms with Crippen molar-refractivity contribution >= 4 is 5.96 Å². The molecule has 0 radical (unpaired) electrons. The zero-order chi connectivity index (χ0) is 22.9. The Hall–Kier alpha value is -2.48. The van der Waals surface area contributed by atoms with Gasteiger partial charge in [-0.3, -0.25) is 4.90 Å². The monoisotopic (exact) mass is 447 g/mol. The van der Waals surface area contributed by atoms with Crippen molar-refractivity contribution in [3.8, 4) is 0 Å². The second-order valence-electron chi connectivity index (χ2n) is 8.37.